The summed E-state index contributed by atoms with van der Waals surface area (Å²) < 4.78 is 47.8. The minimum atomic E-state index is -4.40. The van der Waals surface area contributed by atoms with Crippen LogP contribution in [0.15, 0.2) is 54.6 Å². The number of rotatable bonds is 3. The van der Waals surface area contributed by atoms with Crippen LogP contribution in [0.2, 0.25) is 0 Å². The van der Waals surface area contributed by atoms with Crippen molar-refractivity contribution < 1.29 is 27.4 Å². The molecule has 4 nitrogen and oxygen atoms in total. The number of alkyl halides is 3. The Bertz CT molecular complexity index is 921. The van der Waals surface area contributed by atoms with Crippen LogP contribution in [0.5, 0.6) is 11.6 Å². The molecule has 0 saturated carbocycles. The highest BCUT2D eigenvalue weighted by Gasteiger charge is 2.30. The molecule has 0 saturated heterocycles. The summed E-state index contributed by atoms with van der Waals surface area (Å²) in [5.74, 6) is -0.0593. The predicted molar refractivity (Wildman–Crippen MR) is 84.6 cm³/mol. The number of ether oxygens (including phenoxy) is 2. The first kappa shape index (κ1) is 16.8. The second kappa shape index (κ2) is 6.43. The van der Waals surface area contributed by atoms with Gasteiger partial charge in [0, 0.05) is 11.5 Å². The third kappa shape index (κ3) is 3.71. The lowest BCUT2D eigenvalue weighted by molar-refractivity contribution is -0.137. The molecule has 0 bridgehead atoms. The fourth-order valence-electron chi connectivity index (χ4n) is 2.23. The third-order valence-corrected chi connectivity index (χ3v) is 3.49. The molecule has 7 heteroatoms. The molecule has 2 aromatic carbocycles. The molecular weight excluding hydrogens is 335 g/mol. The van der Waals surface area contributed by atoms with E-state index in [1.54, 1.807) is 30.3 Å². The number of aromatic nitrogens is 1. The molecule has 128 valence electrons. The van der Waals surface area contributed by atoms with Crippen molar-refractivity contribution in [3.8, 4) is 11.6 Å². The van der Waals surface area contributed by atoms with Crippen molar-refractivity contribution in [3.05, 3.63) is 65.7 Å². The molecule has 0 aliphatic carbocycles. The molecular formula is C18H12F3NO3. The Kier molecular flexibility index (Phi) is 4.31. The molecule has 3 aromatic rings. The van der Waals surface area contributed by atoms with Gasteiger partial charge in [-0.1, -0.05) is 6.07 Å². The monoisotopic (exact) mass is 347 g/mol. The maximum Gasteiger partial charge on any atom is 0.416 e. The molecule has 3 rings (SSSR count). The van der Waals surface area contributed by atoms with Gasteiger partial charge in [0.2, 0.25) is 5.88 Å². The zero-order valence-corrected chi connectivity index (χ0v) is 13.0. The quantitative estimate of drug-likeness (QED) is 0.637. The summed E-state index contributed by atoms with van der Waals surface area (Å²) in [6.45, 7) is 0. The van der Waals surface area contributed by atoms with Crippen molar-refractivity contribution >= 4 is 16.9 Å². The summed E-state index contributed by atoms with van der Waals surface area (Å²) in [4.78, 5) is 15.8. The molecule has 1 aromatic heterocycles. The van der Waals surface area contributed by atoms with Gasteiger partial charge in [-0.25, -0.2) is 9.78 Å². The minimum absolute atomic E-state index is 0.203. The molecule has 0 radical (unpaired) electrons. The molecule has 1 heterocycles. The van der Waals surface area contributed by atoms with E-state index in [-0.39, 0.29) is 11.6 Å². The number of fused-ring (bicyclic) bond motifs is 1. The van der Waals surface area contributed by atoms with E-state index in [1.807, 2.05) is 0 Å². The smallest absolute Gasteiger partial charge is 0.416 e. The van der Waals surface area contributed by atoms with Crippen LogP contribution in [0.3, 0.4) is 0 Å². The van der Waals surface area contributed by atoms with Crippen molar-refractivity contribution in [1.82, 2.24) is 4.98 Å². The van der Waals surface area contributed by atoms with Crippen LogP contribution in [0.4, 0.5) is 13.2 Å². The molecule has 0 fully saturated rings. The first-order chi connectivity index (χ1) is 11.9. The highest BCUT2D eigenvalue weighted by Crippen LogP contribution is 2.31. The normalized spacial score (nSPS) is 11.4. The molecule has 0 aliphatic heterocycles. The Morgan fingerprint density at radius 1 is 1.00 bits per heavy atom. The average Bonchev–Trinajstić information content (AvgIpc) is 2.60. The lowest BCUT2D eigenvalue weighted by Crippen LogP contribution is -2.04. The van der Waals surface area contributed by atoms with E-state index in [0.29, 0.717) is 11.1 Å². The van der Waals surface area contributed by atoms with Gasteiger partial charge in [-0.2, -0.15) is 13.2 Å². The van der Waals surface area contributed by atoms with E-state index in [9.17, 15) is 18.0 Å². The van der Waals surface area contributed by atoms with Crippen molar-refractivity contribution in [2.45, 2.75) is 6.18 Å². The summed E-state index contributed by atoms with van der Waals surface area (Å²) in [6.07, 6.45) is -4.40. The van der Waals surface area contributed by atoms with Crippen molar-refractivity contribution in [1.29, 1.82) is 0 Å². The summed E-state index contributed by atoms with van der Waals surface area (Å²) in [5, 5.41) is 0.785. The number of hydrogen-bond donors (Lipinski definition) is 0. The topological polar surface area (TPSA) is 48.4 Å². The van der Waals surface area contributed by atoms with Crippen molar-refractivity contribution in [2.75, 3.05) is 7.11 Å². The zero-order chi connectivity index (χ0) is 18.0. The molecule has 0 amide bonds. The van der Waals surface area contributed by atoms with E-state index < -0.39 is 17.7 Å². The first-order valence-corrected chi connectivity index (χ1v) is 7.21. The number of pyridine rings is 1. The predicted octanol–water partition coefficient (Wildman–Crippen LogP) is 4.83. The number of benzene rings is 2. The fourth-order valence-corrected chi connectivity index (χ4v) is 2.23. The van der Waals surface area contributed by atoms with Crippen LogP contribution in [-0.4, -0.2) is 18.1 Å². The van der Waals surface area contributed by atoms with Crippen LogP contribution in [0.25, 0.3) is 10.9 Å². The molecule has 0 spiro atoms. The van der Waals surface area contributed by atoms with E-state index in [0.717, 1.165) is 17.5 Å². The van der Waals surface area contributed by atoms with Crippen LogP contribution >= 0.6 is 0 Å². The van der Waals surface area contributed by atoms with E-state index in [1.165, 1.54) is 19.2 Å². The zero-order valence-electron chi connectivity index (χ0n) is 13.0. The van der Waals surface area contributed by atoms with Gasteiger partial charge in [0.15, 0.2) is 0 Å². The highest BCUT2D eigenvalue weighted by molar-refractivity contribution is 5.94. The van der Waals surface area contributed by atoms with Crippen LogP contribution in [0.1, 0.15) is 15.9 Å². The van der Waals surface area contributed by atoms with E-state index >= 15 is 0 Å². The maximum atomic E-state index is 12.6. The Labute approximate surface area is 140 Å². The number of esters is 1. The summed E-state index contributed by atoms with van der Waals surface area (Å²) >= 11 is 0. The van der Waals surface area contributed by atoms with Gasteiger partial charge in [0.05, 0.1) is 23.8 Å². The number of carbonyl (C=O) groups is 1. The molecule has 0 N–H and O–H groups in total. The lowest BCUT2D eigenvalue weighted by Gasteiger charge is -2.09. The third-order valence-electron chi connectivity index (χ3n) is 3.49. The van der Waals surface area contributed by atoms with Gasteiger partial charge in [-0.15, -0.1) is 0 Å². The second-order valence-corrected chi connectivity index (χ2v) is 5.17. The number of methoxy groups -OCH3 is 1. The number of halogens is 3. The van der Waals surface area contributed by atoms with Gasteiger partial charge in [-0.3, -0.25) is 0 Å². The lowest BCUT2D eigenvalue weighted by atomic mass is 10.1. The van der Waals surface area contributed by atoms with E-state index in [4.69, 9.17) is 4.74 Å². The minimum Gasteiger partial charge on any atom is -0.465 e. The molecule has 25 heavy (non-hydrogen) atoms. The Morgan fingerprint density at radius 3 is 2.32 bits per heavy atom. The second-order valence-electron chi connectivity index (χ2n) is 5.17. The number of carbonyl (C=O) groups excluding carboxylic acids is 1. The van der Waals surface area contributed by atoms with Gasteiger partial charge in [-0.05, 0) is 42.5 Å². The maximum absolute atomic E-state index is 12.6. The molecule has 0 atom stereocenters. The SMILES string of the molecule is COC(=O)c1ccc2ccc(Oc3ccc(C(F)(F)F)cc3)nc2c1. The van der Waals surface area contributed by atoms with Gasteiger partial charge >= 0.3 is 12.1 Å². The van der Waals surface area contributed by atoms with Gasteiger partial charge in [0.1, 0.15) is 5.75 Å². The fraction of sp³-hybridized carbons (Fsp3) is 0.111. The number of hydrogen-bond acceptors (Lipinski definition) is 4. The van der Waals surface area contributed by atoms with Gasteiger partial charge < -0.3 is 9.47 Å². The Morgan fingerprint density at radius 2 is 1.68 bits per heavy atom. The highest BCUT2D eigenvalue weighted by atomic mass is 19.4. The van der Waals surface area contributed by atoms with Gasteiger partial charge in [0.25, 0.3) is 0 Å². The molecule has 0 aliphatic rings. The van der Waals surface area contributed by atoms with Crippen LogP contribution < -0.4 is 4.74 Å². The summed E-state index contributed by atoms with van der Waals surface area (Å²) in [6, 6.07) is 12.5. The average molecular weight is 347 g/mol. The number of nitrogens with zero attached hydrogens (tertiary/aromatic N) is 1. The largest absolute Gasteiger partial charge is 0.465 e. The van der Waals surface area contributed by atoms with Crippen molar-refractivity contribution in [3.63, 3.8) is 0 Å². The molecule has 0 unspecified atom stereocenters. The summed E-state index contributed by atoms with van der Waals surface area (Å²) in [7, 11) is 1.28. The van der Waals surface area contributed by atoms with Crippen LogP contribution in [0, 0.1) is 0 Å². The standard InChI is InChI=1S/C18H12F3NO3/c1-24-17(23)12-3-2-11-4-9-16(22-15(11)10-12)25-14-7-5-13(6-8-14)18(19,20)21/h2-10H,1H3. The Hall–Kier alpha value is -3.09. The Balaban J connectivity index is 1.87. The first-order valence-electron chi connectivity index (χ1n) is 7.21. The summed E-state index contributed by atoms with van der Waals surface area (Å²) in [5.41, 5.74) is 0.0931. The van der Waals surface area contributed by atoms with E-state index in [2.05, 4.69) is 9.72 Å². The van der Waals surface area contributed by atoms with Crippen LogP contribution in [-0.2, 0) is 10.9 Å². The van der Waals surface area contributed by atoms with Crippen molar-refractivity contribution in [2.24, 2.45) is 0 Å².